The monoisotopic (exact) mass is 615 g/mol. The fraction of sp³-hybridized carbons (Fsp3) is 0.472. The molecular formula is C36H42ClN3O4. The number of hydrogen-bond acceptors (Lipinski definition) is 5. The van der Waals surface area contributed by atoms with E-state index >= 15 is 0 Å². The van der Waals surface area contributed by atoms with E-state index in [9.17, 15) is 14.7 Å². The fourth-order valence-electron chi connectivity index (χ4n) is 8.04. The first-order chi connectivity index (χ1) is 21.1. The van der Waals surface area contributed by atoms with E-state index in [1.807, 2.05) is 63.5 Å². The second-order valence-electron chi connectivity index (χ2n) is 13.4. The number of rotatable bonds is 10. The second-order valence-corrected chi connectivity index (χ2v) is 13.8. The summed E-state index contributed by atoms with van der Waals surface area (Å²) >= 11 is 6.56. The van der Waals surface area contributed by atoms with E-state index in [4.69, 9.17) is 21.3 Å². The van der Waals surface area contributed by atoms with Gasteiger partial charge in [0.25, 0.3) is 5.91 Å². The molecule has 0 radical (unpaired) electrons. The van der Waals surface area contributed by atoms with Crippen molar-refractivity contribution in [2.75, 3.05) is 20.7 Å². The third-order valence-electron chi connectivity index (χ3n) is 10.5. The minimum absolute atomic E-state index is 0.0444. The number of nitrogens with one attached hydrogen (secondary N) is 1. The number of nitrogens with zero attached hydrogens (tertiary/aromatic N) is 2. The predicted molar refractivity (Wildman–Crippen MR) is 173 cm³/mol. The highest BCUT2D eigenvalue weighted by molar-refractivity contribution is 6.32. The molecule has 1 unspecified atom stereocenters. The molecule has 0 saturated heterocycles. The first-order valence-corrected chi connectivity index (χ1v) is 16.2. The molecule has 1 aromatic heterocycles. The summed E-state index contributed by atoms with van der Waals surface area (Å²) in [5, 5.41) is 14.1. The summed E-state index contributed by atoms with van der Waals surface area (Å²) in [6, 6.07) is 17.6. The maximum atomic E-state index is 13.9. The zero-order valence-corrected chi connectivity index (χ0v) is 26.7. The molecule has 4 aliphatic rings. The largest absolute Gasteiger partial charge is 0.492 e. The summed E-state index contributed by atoms with van der Waals surface area (Å²) in [7, 11) is 4.09. The standard InChI is InChI=1S/C36H42ClN3O4/c1-21-7-5-6-8-28(21)29-10-12-31(34(41)39-36(35(42)43)26-16-23-15-24(18-26)19-27(36)17-23)38-33(29)25-9-11-30(37)32(20-25)44-14-13-22(2)40(3)4/h5-12,20,22-24,26-27H,13-19H2,1-4H3,(H,39,41)(H,42,43). The van der Waals surface area contributed by atoms with Crippen LogP contribution in [-0.2, 0) is 4.79 Å². The van der Waals surface area contributed by atoms with Crippen molar-refractivity contribution in [1.29, 1.82) is 0 Å². The predicted octanol–water partition coefficient (Wildman–Crippen LogP) is 7.11. The Bertz CT molecular complexity index is 1540. The first-order valence-electron chi connectivity index (χ1n) is 15.8. The SMILES string of the molecule is Cc1ccccc1-c1ccc(C(=O)NC2(C(=O)O)C3CC4CC(C3)CC2C4)nc1-c1ccc(Cl)c(OCCC(C)N(C)C)c1. The minimum Gasteiger partial charge on any atom is -0.492 e. The number of halogens is 1. The average Bonchev–Trinajstić information content (AvgIpc) is 2.99. The molecule has 4 aliphatic carbocycles. The van der Waals surface area contributed by atoms with Crippen molar-refractivity contribution in [2.45, 2.75) is 64.0 Å². The van der Waals surface area contributed by atoms with E-state index in [0.29, 0.717) is 41.0 Å². The van der Waals surface area contributed by atoms with Gasteiger partial charge in [-0.25, -0.2) is 9.78 Å². The van der Waals surface area contributed by atoms with Gasteiger partial charge in [-0.2, -0.15) is 0 Å². The average molecular weight is 616 g/mol. The highest BCUT2D eigenvalue weighted by Crippen LogP contribution is 2.58. The van der Waals surface area contributed by atoms with Crippen molar-refractivity contribution in [3.8, 4) is 28.1 Å². The van der Waals surface area contributed by atoms with Crippen LogP contribution in [0.25, 0.3) is 22.4 Å². The third-order valence-corrected chi connectivity index (χ3v) is 10.9. The van der Waals surface area contributed by atoms with Crippen LogP contribution < -0.4 is 10.1 Å². The summed E-state index contributed by atoms with van der Waals surface area (Å²) in [5.74, 6) is 0.259. The lowest BCUT2D eigenvalue weighted by Gasteiger charge is -2.59. The zero-order chi connectivity index (χ0) is 31.2. The van der Waals surface area contributed by atoms with Crippen LogP contribution >= 0.6 is 11.6 Å². The van der Waals surface area contributed by atoms with Crippen LogP contribution in [0.4, 0.5) is 0 Å². The van der Waals surface area contributed by atoms with Crippen molar-refractivity contribution >= 4 is 23.5 Å². The third kappa shape index (κ3) is 5.61. The van der Waals surface area contributed by atoms with E-state index < -0.39 is 17.4 Å². The van der Waals surface area contributed by atoms with Gasteiger partial charge in [0.2, 0.25) is 0 Å². The Morgan fingerprint density at radius 3 is 2.34 bits per heavy atom. The number of aryl methyl sites for hydroxylation is 1. The normalized spacial score (nSPS) is 26.0. The second kappa shape index (κ2) is 12.2. The maximum Gasteiger partial charge on any atom is 0.330 e. The molecule has 2 N–H and O–H groups in total. The number of aromatic nitrogens is 1. The van der Waals surface area contributed by atoms with Gasteiger partial charge in [-0.1, -0.05) is 41.9 Å². The summed E-state index contributed by atoms with van der Waals surface area (Å²) in [5.41, 5.74) is 3.29. The van der Waals surface area contributed by atoms with Crippen LogP contribution in [-0.4, -0.2) is 59.1 Å². The zero-order valence-electron chi connectivity index (χ0n) is 26.0. The first kappa shape index (κ1) is 30.6. The van der Waals surface area contributed by atoms with Gasteiger partial charge in [-0.15, -0.1) is 0 Å². The number of ether oxygens (including phenoxy) is 1. The molecule has 44 heavy (non-hydrogen) atoms. The molecule has 7 nitrogen and oxygen atoms in total. The van der Waals surface area contributed by atoms with E-state index in [-0.39, 0.29) is 17.5 Å². The molecular weight excluding hydrogens is 574 g/mol. The van der Waals surface area contributed by atoms with Crippen molar-refractivity contribution in [1.82, 2.24) is 15.2 Å². The van der Waals surface area contributed by atoms with Gasteiger partial charge in [0.1, 0.15) is 17.0 Å². The van der Waals surface area contributed by atoms with Gasteiger partial charge < -0.3 is 20.1 Å². The Morgan fingerprint density at radius 2 is 1.70 bits per heavy atom. The smallest absolute Gasteiger partial charge is 0.330 e. The maximum absolute atomic E-state index is 13.9. The molecule has 4 saturated carbocycles. The van der Waals surface area contributed by atoms with Crippen LogP contribution in [0.2, 0.25) is 5.02 Å². The topological polar surface area (TPSA) is 91.8 Å². The van der Waals surface area contributed by atoms with Crippen molar-refractivity contribution < 1.29 is 19.4 Å². The number of carboxylic acid groups (broad SMARTS) is 1. The van der Waals surface area contributed by atoms with Crippen LogP contribution in [0.3, 0.4) is 0 Å². The number of benzene rings is 2. The molecule has 1 atom stereocenters. The highest BCUT2D eigenvalue weighted by atomic mass is 35.5. The molecule has 0 spiro atoms. The summed E-state index contributed by atoms with van der Waals surface area (Å²) < 4.78 is 6.13. The Balaban J connectivity index is 1.36. The molecule has 1 amide bonds. The van der Waals surface area contributed by atoms with Crippen molar-refractivity contribution in [2.24, 2.45) is 23.7 Å². The number of carbonyl (C=O) groups excluding carboxylic acids is 1. The summed E-state index contributed by atoms with van der Waals surface area (Å²) in [4.78, 5) is 33.9. The van der Waals surface area contributed by atoms with Crippen molar-refractivity contribution in [3.05, 3.63) is 70.9 Å². The van der Waals surface area contributed by atoms with Crippen LogP contribution in [0.1, 0.15) is 61.5 Å². The number of pyridine rings is 1. The Morgan fingerprint density at radius 1 is 1.02 bits per heavy atom. The molecule has 2 aromatic carbocycles. The van der Waals surface area contributed by atoms with E-state index in [2.05, 4.69) is 17.1 Å². The number of carboxylic acids is 1. The van der Waals surface area contributed by atoms with Crippen LogP contribution in [0, 0.1) is 30.6 Å². The Kier molecular flexibility index (Phi) is 8.46. The van der Waals surface area contributed by atoms with Gasteiger partial charge >= 0.3 is 5.97 Å². The van der Waals surface area contributed by atoms with E-state index in [0.717, 1.165) is 54.4 Å². The van der Waals surface area contributed by atoms with Crippen LogP contribution in [0.5, 0.6) is 5.75 Å². The minimum atomic E-state index is -1.24. The molecule has 1 heterocycles. The van der Waals surface area contributed by atoms with Crippen molar-refractivity contribution in [3.63, 3.8) is 0 Å². The molecule has 4 fully saturated rings. The lowest BCUT2D eigenvalue weighted by atomic mass is 9.48. The van der Waals surface area contributed by atoms with E-state index in [1.54, 1.807) is 12.1 Å². The lowest BCUT2D eigenvalue weighted by molar-refractivity contribution is -0.163. The van der Waals surface area contributed by atoms with Gasteiger partial charge in [0.15, 0.2) is 0 Å². The number of amides is 1. The Hall–Kier alpha value is -3.42. The van der Waals surface area contributed by atoms with Crippen LogP contribution in [0.15, 0.2) is 54.6 Å². The Labute approximate surface area is 265 Å². The highest BCUT2D eigenvalue weighted by Gasteiger charge is 2.62. The summed E-state index contributed by atoms with van der Waals surface area (Å²) in [6.45, 7) is 4.70. The number of hydrogen-bond donors (Lipinski definition) is 2. The molecule has 8 heteroatoms. The van der Waals surface area contributed by atoms with Gasteiger partial charge in [-0.05, 0) is 126 Å². The summed E-state index contributed by atoms with van der Waals surface area (Å²) in [6.07, 6.45) is 5.50. The molecule has 7 rings (SSSR count). The number of aliphatic carboxylic acids is 1. The fourth-order valence-corrected chi connectivity index (χ4v) is 8.22. The molecule has 0 aliphatic heterocycles. The molecule has 232 valence electrons. The lowest BCUT2D eigenvalue weighted by Crippen LogP contribution is -2.70. The van der Waals surface area contributed by atoms with Gasteiger partial charge in [0, 0.05) is 17.2 Å². The van der Waals surface area contributed by atoms with Gasteiger partial charge in [-0.3, -0.25) is 4.79 Å². The van der Waals surface area contributed by atoms with E-state index in [1.165, 1.54) is 6.42 Å². The molecule has 3 aromatic rings. The molecule has 4 bridgehead atoms. The van der Waals surface area contributed by atoms with Gasteiger partial charge in [0.05, 0.1) is 17.3 Å². The quantitative estimate of drug-likeness (QED) is 0.253. The number of carbonyl (C=O) groups is 2.